The second-order valence-corrected chi connectivity index (χ2v) is 7.84. The first-order chi connectivity index (χ1) is 9.96. The molecule has 0 radical (unpaired) electrons. The van der Waals surface area contributed by atoms with E-state index < -0.39 is 10.0 Å². The number of nitrogens with one attached hydrogen (secondary N) is 1. The van der Waals surface area contributed by atoms with Crippen LogP contribution >= 0.6 is 0 Å². The van der Waals surface area contributed by atoms with Crippen molar-refractivity contribution in [2.24, 2.45) is 5.92 Å². The van der Waals surface area contributed by atoms with Gasteiger partial charge >= 0.3 is 0 Å². The summed E-state index contributed by atoms with van der Waals surface area (Å²) in [6.45, 7) is 8.94. The second-order valence-electron chi connectivity index (χ2n) is 5.93. The molecule has 1 heterocycles. The Morgan fingerprint density at radius 3 is 2.81 bits per heavy atom. The number of piperidine rings is 1. The van der Waals surface area contributed by atoms with Crippen LogP contribution in [0, 0.1) is 12.8 Å². The van der Waals surface area contributed by atoms with Crippen LogP contribution in [-0.2, 0) is 16.6 Å². The number of hydrogen-bond acceptors (Lipinski definition) is 3. The SMILES string of the molecule is CCNCc1cccc(S(=O)(=O)N2CCCC(C)C2)c1C. The molecule has 118 valence electrons. The molecule has 1 aromatic carbocycles. The Kier molecular flexibility index (Phi) is 5.41. The first-order valence-corrected chi connectivity index (χ1v) is 9.20. The molecule has 0 aliphatic carbocycles. The quantitative estimate of drug-likeness (QED) is 0.909. The van der Waals surface area contributed by atoms with E-state index >= 15 is 0 Å². The van der Waals surface area contributed by atoms with E-state index in [9.17, 15) is 8.42 Å². The first kappa shape index (κ1) is 16.5. The van der Waals surface area contributed by atoms with Crippen LogP contribution in [0.5, 0.6) is 0 Å². The standard InChI is InChI=1S/C16H26N2O2S/c1-4-17-11-15-8-5-9-16(14(15)3)21(19,20)18-10-6-7-13(2)12-18/h5,8-9,13,17H,4,6-7,10-12H2,1-3H3. The second kappa shape index (κ2) is 6.90. The van der Waals surface area contributed by atoms with E-state index in [-0.39, 0.29) is 0 Å². The van der Waals surface area contributed by atoms with Crippen molar-refractivity contribution in [1.29, 1.82) is 0 Å². The van der Waals surface area contributed by atoms with Crippen LogP contribution in [0.4, 0.5) is 0 Å². The van der Waals surface area contributed by atoms with Gasteiger partial charge in [0.1, 0.15) is 0 Å². The van der Waals surface area contributed by atoms with Crippen molar-refractivity contribution >= 4 is 10.0 Å². The van der Waals surface area contributed by atoms with Gasteiger partial charge in [-0.15, -0.1) is 0 Å². The average molecular weight is 310 g/mol. The van der Waals surface area contributed by atoms with Crippen LogP contribution in [0.3, 0.4) is 0 Å². The van der Waals surface area contributed by atoms with Gasteiger partial charge < -0.3 is 5.32 Å². The number of nitrogens with zero attached hydrogens (tertiary/aromatic N) is 1. The Balaban J connectivity index is 2.31. The highest BCUT2D eigenvalue weighted by atomic mass is 32.2. The molecule has 0 bridgehead atoms. The zero-order valence-electron chi connectivity index (χ0n) is 13.2. The van der Waals surface area contributed by atoms with Crippen LogP contribution in [0.15, 0.2) is 23.1 Å². The zero-order chi connectivity index (χ0) is 15.5. The highest BCUT2D eigenvalue weighted by molar-refractivity contribution is 7.89. The molecule has 1 N–H and O–H groups in total. The van der Waals surface area contributed by atoms with E-state index in [0.717, 1.165) is 30.5 Å². The topological polar surface area (TPSA) is 49.4 Å². The van der Waals surface area contributed by atoms with Gasteiger partial charge in [-0.05, 0) is 49.4 Å². The van der Waals surface area contributed by atoms with Gasteiger partial charge in [-0.1, -0.05) is 26.0 Å². The molecule has 1 saturated heterocycles. The van der Waals surface area contributed by atoms with Crippen molar-refractivity contribution in [2.75, 3.05) is 19.6 Å². The minimum absolute atomic E-state index is 0.443. The molecule has 5 heteroatoms. The summed E-state index contributed by atoms with van der Waals surface area (Å²) in [5, 5.41) is 3.26. The lowest BCUT2D eigenvalue weighted by atomic mass is 10.0. The molecule has 21 heavy (non-hydrogen) atoms. The number of sulfonamides is 1. The molecule has 2 rings (SSSR count). The lowest BCUT2D eigenvalue weighted by molar-refractivity contribution is 0.281. The van der Waals surface area contributed by atoms with E-state index in [4.69, 9.17) is 0 Å². The first-order valence-electron chi connectivity index (χ1n) is 7.76. The monoisotopic (exact) mass is 310 g/mol. The summed E-state index contributed by atoms with van der Waals surface area (Å²) in [7, 11) is -3.37. The fourth-order valence-corrected chi connectivity index (χ4v) is 4.76. The van der Waals surface area contributed by atoms with Crippen molar-refractivity contribution in [3.8, 4) is 0 Å². The van der Waals surface area contributed by atoms with Crippen molar-refractivity contribution < 1.29 is 8.42 Å². The Morgan fingerprint density at radius 1 is 1.38 bits per heavy atom. The molecule has 1 atom stereocenters. The van der Waals surface area contributed by atoms with Crippen LogP contribution in [0.1, 0.15) is 37.8 Å². The van der Waals surface area contributed by atoms with Crippen molar-refractivity contribution in [2.45, 2.75) is 45.1 Å². The van der Waals surface area contributed by atoms with Gasteiger partial charge in [0.25, 0.3) is 0 Å². The third-order valence-electron chi connectivity index (χ3n) is 4.20. The average Bonchev–Trinajstić information content (AvgIpc) is 2.46. The van der Waals surface area contributed by atoms with E-state index in [1.165, 1.54) is 0 Å². The van der Waals surface area contributed by atoms with Gasteiger partial charge in [0, 0.05) is 19.6 Å². The summed E-state index contributed by atoms with van der Waals surface area (Å²) in [5.41, 5.74) is 1.93. The molecule has 1 unspecified atom stereocenters. The fourth-order valence-electron chi connectivity index (χ4n) is 2.89. The summed E-state index contributed by atoms with van der Waals surface area (Å²) in [4.78, 5) is 0.465. The Hall–Kier alpha value is -0.910. The largest absolute Gasteiger partial charge is 0.313 e. The Morgan fingerprint density at radius 2 is 2.14 bits per heavy atom. The van der Waals surface area contributed by atoms with Gasteiger partial charge in [0.2, 0.25) is 10.0 Å². The molecule has 1 aliphatic rings. The number of hydrogen-bond donors (Lipinski definition) is 1. The molecule has 0 saturated carbocycles. The molecule has 1 aromatic rings. The maximum atomic E-state index is 12.9. The summed E-state index contributed by atoms with van der Waals surface area (Å²) in [5.74, 6) is 0.443. The summed E-state index contributed by atoms with van der Waals surface area (Å²) < 4.78 is 27.4. The molecule has 1 fully saturated rings. The van der Waals surface area contributed by atoms with Crippen molar-refractivity contribution in [3.05, 3.63) is 29.3 Å². The van der Waals surface area contributed by atoms with Gasteiger partial charge in [-0.2, -0.15) is 4.31 Å². The van der Waals surface area contributed by atoms with E-state index in [0.29, 0.717) is 30.4 Å². The number of benzene rings is 1. The van der Waals surface area contributed by atoms with E-state index in [1.807, 2.05) is 26.0 Å². The predicted octanol–water partition coefficient (Wildman–Crippen LogP) is 2.53. The van der Waals surface area contributed by atoms with Gasteiger partial charge in [-0.25, -0.2) is 8.42 Å². The molecular weight excluding hydrogens is 284 g/mol. The summed E-state index contributed by atoms with van der Waals surface area (Å²) in [6, 6.07) is 5.58. The maximum Gasteiger partial charge on any atom is 0.243 e. The van der Waals surface area contributed by atoms with Crippen LogP contribution in [0.25, 0.3) is 0 Å². The summed E-state index contributed by atoms with van der Waals surface area (Å²) in [6.07, 6.45) is 2.07. The van der Waals surface area contributed by atoms with Gasteiger partial charge in [0.05, 0.1) is 4.90 Å². The Bertz CT molecular complexity index is 584. The predicted molar refractivity (Wildman–Crippen MR) is 85.7 cm³/mol. The van der Waals surface area contributed by atoms with E-state index in [2.05, 4.69) is 12.2 Å². The lowest BCUT2D eigenvalue weighted by Crippen LogP contribution is -2.39. The van der Waals surface area contributed by atoms with Gasteiger partial charge in [-0.3, -0.25) is 0 Å². The number of rotatable bonds is 5. The molecule has 0 spiro atoms. The third kappa shape index (κ3) is 3.65. The highest BCUT2D eigenvalue weighted by Crippen LogP contribution is 2.26. The molecule has 4 nitrogen and oxygen atoms in total. The van der Waals surface area contributed by atoms with Crippen LogP contribution in [0.2, 0.25) is 0 Å². The van der Waals surface area contributed by atoms with Crippen molar-refractivity contribution in [1.82, 2.24) is 9.62 Å². The molecular formula is C16H26N2O2S. The van der Waals surface area contributed by atoms with Crippen molar-refractivity contribution in [3.63, 3.8) is 0 Å². The van der Waals surface area contributed by atoms with Crippen LogP contribution < -0.4 is 5.32 Å². The Labute approximate surface area is 128 Å². The lowest BCUT2D eigenvalue weighted by Gasteiger charge is -2.30. The fraction of sp³-hybridized carbons (Fsp3) is 0.625. The maximum absolute atomic E-state index is 12.9. The zero-order valence-corrected chi connectivity index (χ0v) is 14.0. The smallest absolute Gasteiger partial charge is 0.243 e. The van der Waals surface area contributed by atoms with E-state index in [1.54, 1.807) is 10.4 Å². The summed E-state index contributed by atoms with van der Waals surface area (Å²) >= 11 is 0. The molecule has 1 aliphatic heterocycles. The molecule has 0 amide bonds. The highest BCUT2D eigenvalue weighted by Gasteiger charge is 2.30. The minimum atomic E-state index is -3.37. The minimum Gasteiger partial charge on any atom is -0.313 e. The van der Waals surface area contributed by atoms with Gasteiger partial charge in [0.15, 0.2) is 0 Å². The third-order valence-corrected chi connectivity index (χ3v) is 6.21. The van der Waals surface area contributed by atoms with Crippen LogP contribution in [-0.4, -0.2) is 32.4 Å². The molecule has 0 aromatic heterocycles. The normalized spacial score (nSPS) is 20.6.